The van der Waals surface area contributed by atoms with Crippen LogP contribution in [0.5, 0.6) is 0 Å². The number of oxime groups is 1. The molecule has 0 radical (unpaired) electrons. The Hall–Kier alpha value is -1.79. The third-order valence-corrected chi connectivity index (χ3v) is 3.84. The van der Waals surface area contributed by atoms with E-state index >= 15 is 0 Å². The third-order valence-electron chi connectivity index (χ3n) is 3.84. The van der Waals surface area contributed by atoms with Crippen molar-refractivity contribution in [3.05, 3.63) is 0 Å². The van der Waals surface area contributed by atoms with Gasteiger partial charge in [-0.05, 0) is 19.3 Å². The second-order valence-electron chi connectivity index (χ2n) is 4.79. The van der Waals surface area contributed by atoms with Gasteiger partial charge in [-0.25, -0.2) is 0 Å². The zero-order valence-electron chi connectivity index (χ0n) is 11.4. The molecule has 1 unspecified atom stereocenters. The highest BCUT2D eigenvalue weighted by atomic mass is 16.4. The first-order chi connectivity index (χ1) is 9.00. The Morgan fingerprint density at radius 1 is 1.58 bits per heavy atom. The number of hydrogen-bond donors (Lipinski definition) is 4. The molecule has 1 saturated heterocycles. The number of hydrogen-bond acceptors (Lipinski definition) is 4. The van der Waals surface area contributed by atoms with Crippen LogP contribution in [0.25, 0.3) is 0 Å². The summed E-state index contributed by atoms with van der Waals surface area (Å²) in [4.78, 5) is 23.4. The molecule has 1 atom stereocenters. The predicted octanol–water partition coefficient (Wildman–Crippen LogP) is -0.0660. The lowest BCUT2D eigenvalue weighted by Crippen LogP contribution is -2.55. The van der Waals surface area contributed by atoms with Crippen LogP contribution in [0.1, 0.15) is 39.5 Å². The number of carbonyl (C=O) groups excluding carboxylic acids is 2. The number of nitrogens with two attached hydrogens (primary N) is 1. The lowest BCUT2D eigenvalue weighted by Gasteiger charge is -2.32. The minimum atomic E-state index is -0.990. The summed E-state index contributed by atoms with van der Waals surface area (Å²) in [7, 11) is 0. The first kappa shape index (κ1) is 15.3. The molecule has 7 heteroatoms. The topological polar surface area (TPSA) is 117 Å². The van der Waals surface area contributed by atoms with Gasteiger partial charge in [0.15, 0.2) is 5.84 Å². The van der Waals surface area contributed by atoms with E-state index in [1.54, 1.807) is 0 Å². The summed E-state index contributed by atoms with van der Waals surface area (Å²) in [5, 5.41) is 17.4. The summed E-state index contributed by atoms with van der Waals surface area (Å²) in [5.74, 6) is -0.331. The van der Waals surface area contributed by atoms with Crippen LogP contribution in [-0.4, -0.2) is 35.4 Å². The Labute approximate surface area is 112 Å². The van der Waals surface area contributed by atoms with Crippen molar-refractivity contribution in [1.82, 2.24) is 10.6 Å². The van der Waals surface area contributed by atoms with Crippen molar-refractivity contribution in [2.45, 2.75) is 45.6 Å². The smallest absolute Gasteiger partial charge is 0.234 e. The molecule has 0 aliphatic carbocycles. The molecular weight excluding hydrogens is 248 g/mol. The SMILES string of the molecule is CCC(CC)(C(=O)NC1CCC(=O)NC1)C(N)=NO. The molecule has 0 aromatic carbocycles. The zero-order chi connectivity index (χ0) is 14.5. The van der Waals surface area contributed by atoms with Crippen molar-refractivity contribution in [2.24, 2.45) is 16.3 Å². The summed E-state index contributed by atoms with van der Waals surface area (Å²) in [6.07, 6.45) is 1.91. The van der Waals surface area contributed by atoms with E-state index in [9.17, 15) is 9.59 Å². The largest absolute Gasteiger partial charge is 0.409 e. The average Bonchev–Trinajstić information content (AvgIpc) is 2.43. The predicted molar refractivity (Wildman–Crippen MR) is 70.6 cm³/mol. The highest BCUT2D eigenvalue weighted by Gasteiger charge is 2.40. The van der Waals surface area contributed by atoms with Gasteiger partial charge in [0.1, 0.15) is 5.41 Å². The normalized spacial score (nSPS) is 20.8. The zero-order valence-corrected chi connectivity index (χ0v) is 11.4. The number of nitrogens with zero attached hydrogens (tertiary/aromatic N) is 1. The van der Waals surface area contributed by atoms with Crippen LogP contribution in [0.15, 0.2) is 5.16 Å². The molecule has 7 nitrogen and oxygen atoms in total. The van der Waals surface area contributed by atoms with E-state index in [2.05, 4.69) is 15.8 Å². The van der Waals surface area contributed by atoms with Crippen LogP contribution in [-0.2, 0) is 9.59 Å². The van der Waals surface area contributed by atoms with E-state index in [0.29, 0.717) is 32.2 Å². The summed E-state index contributed by atoms with van der Waals surface area (Å²) >= 11 is 0. The molecule has 0 bridgehead atoms. The molecule has 2 amide bonds. The maximum Gasteiger partial charge on any atom is 0.234 e. The van der Waals surface area contributed by atoms with Crippen molar-refractivity contribution in [1.29, 1.82) is 0 Å². The Morgan fingerprint density at radius 3 is 2.63 bits per heavy atom. The van der Waals surface area contributed by atoms with Gasteiger partial charge in [-0.2, -0.15) is 0 Å². The number of carbonyl (C=O) groups is 2. The van der Waals surface area contributed by atoms with Crippen molar-refractivity contribution < 1.29 is 14.8 Å². The molecule has 0 aromatic heterocycles. The van der Waals surface area contributed by atoms with Crippen LogP contribution in [0.2, 0.25) is 0 Å². The number of rotatable bonds is 5. The van der Waals surface area contributed by atoms with Gasteiger partial charge >= 0.3 is 0 Å². The Balaban J connectivity index is 2.75. The van der Waals surface area contributed by atoms with Crippen LogP contribution in [0, 0.1) is 5.41 Å². The van der Waals surface area contributed by atoms with E-state index in [-0.39, 0.29) is 23.7 Å². The number of amides is 2. The minimum absolute atomic E-state index is 0.000759. The standard InChI is InChI=1S/C12H22N4O3/c1-3-12(4-2,10(13)16-19)11(18)15-8-5-6-9(17)14-7-8/h8,19H,3-7H2,1-2H3,(H2,13,16)(H,14,17)(H,15,18). The highest BCUT2D eigenvalue weighted by molar-refractivity contribution is 6.06. The van der Waals surface area contributed by atoms with Crippen molar-refractivity contribution in [3.8, 4) is 0 Å². The fraction of sp³-hybridized carbons (Fsp3) is 0.750. The molecule has 19 heavy (non-hydrogen) atoms. The first-order valence-corrected chi connectivity index (χ1v) is 6.55. The molecule has 5 N–H and O–H groups in total. The van der Waals surface area contributed by atoms with Crippen LogP contribution in [0.4, 0.5) is 0 Å². The molecule has 1 aliphatic heterocycles. The molecule has 0 saturated carbocycles. The number of piperidine rings is 1. The lowest BCUT2D eigenvalue weighted by atomic mass is 9.79. The average molecular weight is 270 g/mol. The highest BCUT2D eigenvalue weighted by Crippen LogP contribution is 2.27. The van der Waals surface area contributed by atoms with Crippen molar-refractivity contribution in [3.63, 3.8) is 0 Å². The van der Waals surface area contributed by atoms with E-state index < -0.39 is 5.41 Å². The van der Waals surface area contributed by atoms with Gasteiger partial charge in [0.2, 0.25) is 11.8 Å². The summed E-state index contributed by atoms with van der Waals surface area (Å²) in [6, 6.07) is -0.103. The van der Waals surface area contributed by atoms with Crippen LogP contribution >= 0.6 is 0 Å². The van der Waals surface area contributed by atoms with E-state index in [1.807, 2.05) is 13.8 Å². The molecule has 0 spiro atoms. The third kappa shape index (κ3) is 3.15. The number of amidine groups is 1. The fourth-order valence-corrected chi connectivity index (χ4v) is 2.32. The minimum Gasteiger partial charge on any atom is -0.409 e. The van der Waals surface area contributed by atoms with Gasteiger partial charge in [0.25, 0.3) is 0 Å². The van der Waals surface area contributed by atoms with Gasteiger partial charge in [0.05, 0.1) is 0 Å². The second-order valence-corrected chi connectivity index (χ2v) is 4.79. The molecule has 1 fully saturated rings. The van der Waals surface area contributed by atoms with E-state index in [4.69, 9.17) is 10.9 Å². The Bertz CT molecular complexity index is 367. The molecule has 1 heterocycles. The molecular formula is C12H22N4O3. The van der Waals surface area contributed by atoms with Gasteiger partial charge < -0.3 is 21.6 Å². The van der Waals surface area contributed by atoms with Crippen LogP contribution < -0.4 is 16.4 Å². The monoisotopic (exact) mass is 270 g/mol. The van der Waals surface area contributed by atoms with Gasteiger partial charge in [-0.1, -0.05) is 19.0 Å². The Kier molecular flexibility index (Phi) is 5.14. The van der Waals surface area contributed by atoms with E-state index in [1.165, 1.54) is 0 Å². The quantitative estimate of drug-likeness (QED) is 0.242. The molecule has 1 rings (SSSR count). The fourth-order valence-electron chi connectivity index (χ4n) is 2.32. The first-order valence-electron chi connectivity index (χ1n) is 6.55. The lowest BCUT2D eigenvalue weighted by molar-refractivity contribution is -0.130. The summed E-state index contributed by atoms with van der Waals surface area (Å²) < 4.78 is 0. The second kappa shape index (κ2) is 6.40. The number of nitrogens with one attached hydrogen (secondary N) is 2. The van der Waals surface area contributed by atoms with E-state index in [0.717, 1.165) is 0 Å². The molecule has 108 valence electrons. The molecule has 1 aliphatic rings. The van der Waals surface area contributed by atoms with Gasteiger partial charge in [0, 0.05) is 19.0 Å². The van der Waals surface area contributed by atoms with Gasteiger partial charge in [-0.3, -0.25) is 9.59 Å². The van der Waals surface area contributed by atoms with Crippen molar-refractivity contribution >= 4 is 17.6 Å². The maximum atomic E-state index is 12.4. The van der Waals surface area contributed by atoms with Crippen molar-refractivity contribution in [2.75, 3.05) is 6.54 Å². The van der Waals surface area contributed by atoms with Crippen LogP contribution in [0.3, 0.4) is 0 Å². The summed E-state index contributed by atoms with van der Waals surface area (Å²) in [6.45, 7) is 4.07. The maximum absolute atomic E-state index is 12.4. The van der Waals surface area contributed by atoms with Gasteiger partial charge in [-0.15, -0.1) is 0 Å². The summed E-state index contributed by atoms with van der Waals surface area (Å²) in [5.41, 5.74) is 4.68. The molecule has 0 aromatic rings. The Morgan fingerprint density at radius 2 is 2.21 bits per heavy atom.